The third kappa shape index (κ3) is 2.60. The Bertz CT molecular complexity index is 772. The van der Waals surface area contributed by atoms with Gasteiger partial charge in [-0.2, -0.15) is 0 Å². The summed E-state index contributed by atoms with van der Waals surface area (Å²) in [6, 6.07) is 4.87. The molecular weight excluding hydrogens is 309 g/mol. The van der Waals surface area contributed by atoms with Gasteiger partial charge in [0, 0.05) is 10.6 Å². The second kappa shape index (κ2) is 5.39. The number of hydrogen-bond donors (Lipinski definition) is 2. The van der Waals surface area contributed by atoms with E-state index in [1.54, 1.807) is 12.1 Å². The normalized spacial score (nSPS) is 17.0. The Morgan fingerprint density at radius 1 is 1.24 bits per heavy atom. The van der Waals surface area contributed by atoms with E-state index in [-0.39, 0.29) is 16.7 Å². The maximum atomic E-state index is 9.53. The van der Waals surface area contributed by atoms with Gasteiger partial charge in [0.05, 0.1) is 28.5 Å². The molecule has 0 amide bonds. The van der Waals surface area contributed by atoms with Crippen LogP contribution in [0.2, 0.25) is 5.02 Å². The van der Waals surface area contributed by atoms with E-state index in [0.717, 1.165) is 5.56 Å². The van der Waals surface area contributed by atoms with E-state index in [2.05, 4.69) is 9.97 Å². The van der Waals surface area contributed by atoms with Crippen LogP contribution in [0.4, 0.5) is 5.82 Å². The lowest BCUT2D eigenvalue weighted by Gasteiger charge is -2.14. The fraction of sp³-hybridized carbons (Fsp3) is 0.0667. The molecule has 0 fully saturated rings. The first-order valence-corrected chi connectivity index (χ1v) is 6.97. The molecule has 0 radical (unpaired) electrons. The summed E-state index contributed by atoms with van der Waals surface area (Å²) in [4.78, 5) is 8.72. The molecule has 0 spiro atoms. The van der Waals surface area contributed by atoms with Gasteiger partial charge in [0.2, 0.25) is 0 Å². The number of nitrogens with two attached hydrogens (primary N) is 1. The minimum Gasteiger partial charge on any atom is -0.506 e. The maximum absolute atomic E-state index is 9.53. The summed E-state index contributed by atoms with van der Waals surface area (Å²) in [5.41, 5.74) is 7.78. The van der Waals surface area contributed by atoms with Crippen molar-refractivity contribution in [2.75, 3.05) is 5.73 Å². The van der Waals surface area contributed by atoms with Crippen molar-refractivity contribution in [3.63, 3.8) is 0 Å². The minimum atomic E-state index is -0.176. The quantitative estimate of drug-likeness (QED) is 0.881. The van der Waals surface area contributed by atoms with Crippen molar-refractivity contribution in [2.45, 2.75) is 5.92 Å². The number of aromatic hydroxyl groups is 1. The first-order valence-electron chi connectivity index (χ1n) is 6.21. The lowest BCUT2D eigenvalue weighted by Crippen LogP contribution is -2.05. The Kier molecular flexibility index (Phi) is 3.57. The van der Waals surface area contributed by atoms with Crippen molar-refractivity contribution in [3.05, 3.63) is 58.4 Å². The van der Waals surface area contributed by atoms with E-state index in [4.69, 9.17) is 28.9 Å². The third-order valence-corrected chi connectivity index (χ3v) is 3.85. The third-order valence-electron chi connectivity index (χ3n) is 3.19. The average molecular weight is 320 g/mol. The molecule has 106 valence electrons. The number of hydrogen-bond acceptors (Lipinski definition) is 4. The predicted molar refractivity (Wildman–Crippen MR) is 84.4 cm³/mol. The molecule has 1 atom stereocenters. The van der Waals surface area contributed by atoms with Crippen LogP contribution in [0.15, 0.2) is 47.7 Å². The average Bonchev–Trinajstić information content (AvgIpc) is 2.88. The van der Waals surface area contributed by atoms with Crippen molar-refractivity contribution in [3.8, 4) is 17.0 Å². The fourth-order valence-electron chi connectivity index (χ4n) is 2.19. The molecule has 1 unspecified atom stereocenters. The van der Waals surface area contributed by atoms with Crippen LogP contribution in [0.25, 0.3) is 11.3 Å². The van der Waals surface area contributed by atoms with Crippen molar-refractivity contribution in [2.24, 2.45) is 0 Å². The van der Waals surface area contributed by atoms with Gasteiger partial charge in [-0.1, -0.05) is 35.4 Å². The Balaban J connectivity index is 2.16. The summed E-state index contributed by atoms with van der Waals surface area (Å²) >= 11 is 12.2. The van der Waals surface area contributed by atoms with Crippen molar-refractivity contribution < 1.29 is 5.11 Å². The van der Waals surface area contributed by atoms with Crippen molar-refractivity contribution in [1.29, 1.82) is 0 Å². The van der Waals surface area contributed by atoms with Crippen LogP contribution in [-0.2, 0) is 0 Å². The Morgan fingerprint density at radius 3 is 2.71 bits per heavy atom. The number of rotatable bonds is 2. The zero-order valence-electron chi connectivity index (χ0n) is 10.8. The summed E-state index contributed by atoms with van der Waals surface area (Å²) in [7, 11) is 0. The van der Waals surface area contributed by atoms with Gasteiger partial charge in [0.1, 0.15) is 11.6 Å². The zero-order valence-corrected chi connectivity index (χ0v) is 12.3. The Hall–Kier alpha value is -2.04. The summed E-state index contributed by atoms with van der Waals surface area (Å²) in [5, 5.41) is 10.4. The van der Waals surface area contributed by atoms with Gasteiger partial charge >= 0.3 is 0 Å². The monoisotopic (exact) mass is 319 g/mol. The van der Waals surface area contributed by atoms with Crippen LogP contribution in [-0.4, -0.2) is 15.1 Å². The number of phenols is 1. The van der Waals surface area contributed by atoms with E-state index < -0.39 is 0 Å². The number of nitrogen functional groups attached to an aromatic ring is 1. The zero-order chi connectivity index (χ0) is 15.0. The highest BCUT2D eigenvalue weighted by Crippen LogP contribution is 2.38. The molecule has 3 rings (SSSR count). The molecule has 0 saturated heterocycles. The van der Waals surface area contributed by atoms with Crippen LogP contribution >= 0.6 is 23.2 Å². The van der Waals surface area contributed by atoms with E-state index >= 15 is 0 Å². The smallest absolute Gasteiger partial charge is 0.142 e. The topological polar surface area (TPSA) is 72.0 Å². The number of anilines is 1. The number of benzene rings is 1. The Labute approximate surface area is 131 Å². The standard InChI is InChI=1S/C15H11Cl2N3O/c16-10-3-1-2-9(10)15-14(19-7-13(18)20-15)8-4-5-12(21)11(17)6-8/h1-7,9,21H,(H2,18,20). The van der Waals surface area contributed by atoms with Gasteiger partial charge in [-0.15, -0.1) is 0 Å². The molecule has 1 aliphatic rings. The van der Waals surface area contributed by atoms with Gasteiger partial charge in [0.25, 0.3) is 0 Å². The highest BCUT2D eigenvalue weighted by atomic mass is 35.5. The fourth-order valence-corrected chi connectivity index (χ4v) is 2.62. The van der Waals surface area contributed by atoms with Crippen LogP contribution in [0.3, 0.4) is 0 Å². The highest BCUT2D eigenvalue weighted by molar-refractivity contribution is 6.32. The summed E-state index contributed by atoms with van der Waals surface area (Å²) in [5.74, 6) is 0.165. The molecule has 0 aliphatic heterocycles. The first-order chi connectivity index (χ1) is 10.1. The molecule has 2 aromatic rings. The summed E-state index contributed by atoms with van der Waals surface area (Å²) < 4.78 is 0. The summed E-state index contributed by atoms with van der Waals surface area (Å²) in [6.07, 6.45) is 7.09. The molecule has 0 saturated carbocycles. The molecule has 1 aromatic heterocycles. The van der Waals surface area contributed by atoms with Crippen LogP contribution in [0, 0.1) is 0 Å². The van der Waals surface area contributed by atoms with E-state index in [0.29, 0.717) is 22.2 Å². The maximum Gasteiger partial charge on any atom is 0.142 e. The predicted octanol–water partition coefficient (Wildman–Crippen LogP) is 3.86. The van der Waals surface area contributed by atoms with Gasteiger partial charge in [-0.3, -0.25) is 4.98 Å². The molecule has 1 aromatic carbocycles. The second-order valence-electron chi connectivity index (χ2n) is 4.61. The van der Waals surface area contributed by atoms with Crippen LogP contribution in [0.1, 0.15) is 11.6 Å². The molecule has 3 N–H and O–H groups in total. The van der Waals surface area contributed by atoms with Gasteiger partial charge in [-0.25, -0.2) is 4.98 Å². The lowest BCUT2D eigenvalue weighted by molar-refractivity contribution is 0.475. The highest BCUT2D eigenvalue weighted by Gasteiger charge is 2.22. The van der Waals surface area contributed by atoms with Crippen molar-refractivity contribution >= 4 is 29.0 Å². The van der Waals surface area contributed by atoms with Crippen molar-refractivity contribution in [1.82, 2.24) is 9.97 Å². The molecule has 1 aliphatic carbocycles. The molecule has 1 heterocycles. The molecule has 4 nitrogen and oxygen atoms in total. The molecule has 21 heavy (non-hydrogen) atoms. The van der Waals surface area contributed by atoms with E-state index in [1.807, 2.05) is 18.2 Å². The first kappa shape index (κ1) is 13.9. The van der Waals surface area contributed by atoms with Crippen LogP contribution in [0.5, 0.6) is 5.75 Å². The largest absolute Gasteiger partial charge is 0.506 e. The lowest BCUT2D eigenvalue weighted by atomic mass is 10.00. The van der Waals surface area contributed by atoms with E-state index in [9.17, 15) is 5.11 Å². The van der Waals surface area contributed by atoms with E-state index in [1.165, 1.54) is 12.3 Å². The number of aromatic nitrogens is 2. The van der Waals surface area contributed by atoms with Gasteiger partial charge in [0.15, 0.2) is 0 Å². The number of phenolic OH excluding ortho intramolecular Hbond substituents is 1. The number of allylic oxidation sites excluding steroid dienone is 4. The Morgan fingerprint density at radius 2 is 2.05 bits per heavy atom. The van der Waals surface area contributed by atoms with Crippen LogP contribution < -0.4 is 5.73 Å². The SMILES string of the molecule is Nc1cnc(-c2ccc(O)c(Cl)c2)c(C2C=CC=C2Cl)n1. The van der Waals surface area contributed by atoms with Gasteiger partial charge in [-0.05, 0) is 24.3 Å². The van der Waals surface area contributed by atoms with Gasteiger partial charge < -0.3 is 10.8 Å². The minimum absolute atomic E-state index is 0.0176. The summed E-state index contributed by atoms with van der Waals surface area (Å²) in [6.45, 7) is 0. The molecular formula is C15H11Cl2N3O. The second-order valence-corrected chi connectivity index (χ2v) is 5.45. The molecule has 0 bridgehead atoms. The number of nitrogens with zero attached hydrogens (tertiary/aromatic N) is 2. The number of halogens is 2. The molecule has 6 heteroatoms.